The Morgan fingerprint density at radius 3 is 2.30 bits per heavy atom. The van der Waals surface area contributed by atoms with Crippen molar-refractivity contribution in [1.82, 2.24) is 14.7 Å². The summed E-state index contributed by atoms with van der Waals surface area (Å²) in [5.41, 5.74) is 6.72. The Balaban J connectivity index is 1.31. The van der Waals surface area contributed by atoms with E-state index in [0.717, 1.165) is 41.6 Å². The zero-order valence-corrected chi connectivity index (χ0v) is 29.3. The summed E-state index contributed by atoms with van der Waals surface area (Å²) in [6.45, 7) is 2.17. The van der Waals surface area contributed by atoms with E-state index in [1.54, 1.807) is 20.3 Å². The molecular formula is C41H43N3O6. The van der Waals surface area contributed by atoms with E-state index in [1.807, 2.05) is 48.2 Å². The highest BCUT2D eigenvalue weighted by Gasteiger charge is 2.39. The molecule has 0 radical (unpaired) electrons. The molecule has 0 fully saturated rings. The summed E-state index contributed by atoms with van der Waals surface area (Å²) in [7, 11) is 9.49. The number of fused-ring (bicyclic) bond motifs is 2. The monoisotopic (exact) mass is 673 g/mol. The first-order valence-electron chi connectivity index (χ1n) is 17.3. The van der Waals surface area contributed by atoms with Crippen LogP contribution in [0.1, 0.15) is 45.5 Å². The highest BCUT2D eigenvalue weighted by atomic mass is 16.6. The number of hydrogen-bond donors (Lipinski definition) is 0. The van der Waals surface area contributed by atoms with Crippen LogP contribution in [-0.2, 0) is 30.5 Å². The largest absolute Gasteiger partial charge is 0.493 e. The van der Waals surface area contributed by atoms with Gasteiger partial charge < -0.3 is 33.5 Å². The fourth-order valence-corrected chi connectivity index (χ4v) is 7.77. The first-order valence-corrected chi connectivity index (χ1v) is 17.3. The number of benzene rings is 4. The quantitative estimate of drug-likeness (QED) is 0.181. The molecule has 258 valence electrons. The molecule has 9 nitrogen and oxygen atoms in total. The van der Waals surface area contributed by atoms with Crippen LogP contribution in [0.4, 0.5) is 0 Å². The molecule has 0 saturated heterocycles. The van der Waals surface area contributed by atoms with Crippen molar-refractivity contribution < 1.29 is 28.5 Å². The average Bonchev–Trinajstić information content (AvgIpc) is 3.11. The van der Waals surface area contributed by atoms with Crippen LogP contribution in [0.15, 0.2) is 72.8 Å². The topological polar surface area (TPSA) is 72.9 Å². The summed E-state index contributed by atoms with van der Waals surface area (Å²) in [5.74, 6) is 5.18. The second kappa shape index (κ2) is 13.0. The third-order valence-electron chi connectivity index (χ3n) is 10.4. The van der Waals surface area contributed by atoms with E-state index < -0.39 is 0 Å². The summed E-state index contributed by atoms with van der Waals surface area (Å²) >= 11 is 0. The zero-order chi connectivity index (χ0) is 34.5. The number of amides is 1. The maximum atomic E-state index is 13.9. The van der Waals surface area contributed by atoms with Gasteiger partial charge in [-0.05, 0) is 117 Å². The molecular weight excluding hydrogens is 630 g/mol. The molecule has 50 heavy (non-hydrogen) atoms. The number of hydrogen-bond acceptors (Lipinski definition) is 8. The Morgan fingerprint density at radius 1 is 0.800 bits per heavy atom. The number of rotatable bonds is 5. The van der Waals surface area contributed by atoms with Gasteiger partial charge in [-0.2, -0.15) is 0 Å². The van der Waals surface area contributed by atoms with Gasteiger partial charge >= 0.3 is 0 Å². The number of carbonyl (C=O) groups is 1. The standard InChI is InChI=1S/C41H43N3O6/c1-42(2)16-6-7-38(45)44-18-15-28-23-37(47-5)40-41-39(28)32(44)19-25-8-11-29(12-9-25)48-34-21-26(10-13-33(34)46-4)20-31-30-24-36(50-41)35(49-40)22-27(30)14-17-43(31)3/h6-13,21-24,31-32H,14-20H2,1-5H3/b7-6+/t31-,32?/m0/s1. The van der Waals surface area contributed by atoms with Crippen LogP contribution < -0.4 is 23.7 Å². The van der Waals surface area contributed by atoms with Gasteiger partial charge in [-0.3, -0.25) is 9.69 Å². The second-order valence-corrected chi connectivity index (χ2v) is 13.9. The van der Waals surface area contributed by atoms with Crippen molar-refractivity contribution in [2.24, 2.45) is 0 Å². The van der Waals surface area contributed by atoms with Gasteiger partial charge in [-0.15, -0.1) is 0 Å². The molecule has 5 heterocycles. The molecule has 1 unspecified atom stereocenters. The Hall–Kier alpha value is -4.99. The number of likely N-dealkylation sites (N-methyl/N-ethyl adjacent to an activating group) is 2. The lowest BCUT2D eigenvalue weighted by molar-refractivity contribution is -0.128. The molecule has 5 aliphatic rings. The SMILES string of the molecule is COc1ccc2cc1Oc1ccc(cc1)CC1c3c(cc(OC)c4c3Oc3cc5c(cc3O4)CCN(C)[C@H]5C2)CCN1C(=O)/C=C/CN(C)C. The summed E-state index contributed by atoms with van der Waals surface area (Å²) in [4.78, 5) is 20.3. The van der Waals surface area contributed by atoms with E-state index in [0.29, 0.717) is 71.9 Å². The fraction of sp³-hybridized carbons (Fsp3) is 0.341. The van der Waals surface area contributed by atoms with Gasteiger partial charge in [0.2, 0.25) is 11.7 Å². The zero-order valence-electron chi connectivity index (χ0n) is 29.3. The second-order valence-electron chi connectivity index (χ2n) is 13.9. The lowest BCUT2D eigenvalue weighted by Crippen LogP contribution is -2.40. The normalized spacial score (nSPS) is 19.0. The minimum Gasteiger partial charge on any atom is -0.493 e. The average molecular weight is 674 g/mol. The molecule has 4 aromatic rings. The van der Waals surface area contributed by atoms with Gasteiger partial charge in [0.05, 0.1) is 20.3 Å². The minimum absolute atomic E-state index is 0.0294. The Bertz CT molecular complexity index is 1990. The number of carbonyl (C=O) groups excluding carboxylic acids is 1. The van der Waals surface area contributed by atoms with Crippen LogP contribution in [-0.4, -0.2) is 75.6 Å². The van der Waals surface area contributed by atoms with Gasteiger partial charge in [-0.25, -0.2) is 0 Å². The highest BCUT2D eigenvalue weighted by Crippen LogP contribution is 2.57. The summed E-state index contributed by atoms with van der Waals surface area (Å²) in [5, 5.41) is 0. The highest BCUT2D eigenvalue weighted by molar-refractivity contribution is 5.88. The summed E-state index contributed by atoms with van der Waals surface area (Å²) in [6, 6.07) is 20.5. The summed E-state index contributed by atoms with van der Waals surface area (Å²) in [6.07, 6.45) is 6.54. The number of ether oxygens (including phenoxy) is 5. The Morgan fingerprint density at radius 2 is 1.52 bits per heavy atom. The minimum atomic E-state index is -0.306. The van der Waals surface area contributed by atoms with E-state index >= 15 is 0 Å². The third kappa shape index (κ3) is 5.84. The van der Waals surface area contributed by atoms with Crippen LogP contribution in [0.25, 0.3) is 0 Å². The first kappa shape index (κ1) is 32.2. The molecule has 5 aliphatic heterocycles. The fourth-order valence-electron chi connectivity index (χ4n) is 7.77. The van der Waals surface area contributed by atoms with Gasteiger partial charge in [0.15, 0.2) is 34.5 Å². The van der Waals surface area contributed by atoms with Crippen molar-refractivity contribution in [3.05, 3.63) is 106 Å². The van der Waals surface area contributed by atoms with Gasteiger partial charge in [0, 0.05) is 37.3 Å². The predicted molar refractivity (Wildman–Crippen MR) is 191 cm³/mol. The van der Waals surface area contributed by atoms with E-state index in [-0.39, 0.29) is 18.0 Å². The van der Waals surface area contributed by atoms with E-state index in [1.165, 1.54) is 11.1 Å². The Kier molecular flexibility index (Phi) is 8.41. The van der Waals surface area contributed by atoms with E-state index in [2.05, 4.69) is 54.4 Å². The molecule has 9 rings (SSSR count). The van der Waals surface area contributed by atoms with Gasteiger partial charge in [0.1, 0.15) is 5.75 Å². The lowest BCUT2D eigenvalue weighted by atomic mass is 9.86. The molecule has 9 heteroatoms. The van der Waals surface area contributed by atoms with Crippen molar-refractivity contribution >= 4 is 5.91 Å². The molecule has 2 atom stereocenters. The maximum Gasteiger partial charge on any atom is 0.246 e. The number of nitrogens with zero attached hydrogens (tertiary/aromatic N) is 3. The number of methoxy groups -OCH3 is 2. The Labute approximate surface area is 293 Å². The van der Waals surface area contributed by atoms with Crippen molar-refractivity contribution in [3.63, 3.8) is 0 Å². The molecule has 0 N–H and O–H groups in total. The molecule has 0 aromatic heterocycles. The smallest absolute Gasteiger partial charge is 0.246 e. The molecule has 0 spiro atoms. The van der Waals surface area contributed by atoms with Crippen molar-refractivity contribution in [3.8, 4) is 46.0 Å². The van der Waals surface area contributed by atoms with Crippen LogP contribution in [0.2, 0.25) is 0 Å². The van der Waals surface area contributed by atoms with Crippen molar-refractivity contribution in [1.29, 1.82) is 0 Å². The van der Waals surface area contributed by atoms with Gasteiger partial charge in [-0.1, -0.05) is 24.3 Å². The predicted octanol–water partition coefficient (Wildman–Crippen LogP) is 7.27. The molecule has 0 saturated carbocycles. The van der Waals surface area contributed by atoms with Crippen LogP contribution in [0, 0.1) is 0 Å². The van der Waals surface area contributed by atoms with Crippen molar-refractivity contribution in [2.75, 3.05) is 55.0 Å². The van der Waals surface area contributed by atoms with Crippen molar-refractivity contribution in [2.45, 2.75) is 37.8 Å². The third-order valence-corrected chi connectivity index (χ3v) is 10.4. The van der Waals surface area contributed by atoms with Crippen LogP contribution in [0.3, 0.4) is 0 Å². The molecule has 0 aliphatic carbocycles. The van der Waals surface area contributed by atoms with E-state index in [9.17, 15) is 4.79 Å². The summed E-state index contributed by atoms with van der Waals surface area (Å²) < 4.78 is 31.8. The van der Waals surface area contributed by atoms with Crippen LogP contribution >= 0.6 is 0 Å². The molecule has 1 amide bonds. The van der Waals surface area contributed by atoms with E-state index in [4.69, 9.17) is 23.7 Å². The first-order chi connectivity index (χ1) is 24.3. The lowest BCUT2D eigenvalue weighted by Gasteiger charge is -2.40. The maximum absolute atomic E-state index is 13.9. The molecule has 7 bridgehead atoms. The van der Waals surface area contributed by atoms with Crippen LogP contribution in [0.5, 0.6) is 46.0 Å². The van der Waals surface area contributed by atoms with Gasteiger partial charge in [0.25, 0.3) is 0 Å². The molecule has 4 aromatic carbocycles.